The van der Waals surface area contributed by atoms with Crippen molar-refractivity contribution in [1.29, 1.82) is 0 Å². The van der Waals surface area contributed by atoms with E-state index in [2.05, 4.69) is 0 Å². The van der Waals surface area contributed by atoms with Gasteiger partial charge in [0.25, 0.3) is 15.0 Å². The molecule has 1 N–H and O–H groups in total. The van der Waals surface area contributed by atoms with Gasteiger partial charge in [-0.3, -0.25) is 0 Å². The van der Waals surface area contributed by atoms with Crippen LogP contribution in [0.4, 0.5) is 0 Å². The molecule has 0 aliphatic carbocycles. The highest BCUT2D eigenvalue weighted by atomic mass is 32.2. The van der Waals surface area contributed by atoms with Crippen molar-refractivity contribution in [3.8, 4) is 5.75 Å². The van der Waals surface area contributed by atoms with Crippen molar-refractivity contribution in [3.63, 3.8) is 0 Å². The Morgan fingerprint density at radius 3 is 2.64 bits per heavy atom. The summed E-state index contributed by atoms with van der Waals surface area (Å²) in [4.78, 5) is 0. The Balaban J connectivity index is 3.07. The molecule has 0 saturated carbocycles. The second-order valence-corrected chi connectivity index (χ2v) is 3.53. The van der Waals surface area contributed by atoms with E-state index in [4.69, 9.17) is 4.42 Å². The quantitative estimate of drug-likeness (QED) is 0.670. The van der Waals surface area contributed by atoms with E-state index in [1.54, 1.807) is 24.3 Å². The van der Waals surface area contributed by atoms with Gasteiger partial charge in [-0.1, -0.05) is 18.2 Å². The van der Waals surface area contributed by atoms with Crippen LogP contribution in [0.25, 0.3) is 11.0 Å². The Morgan fingerprint density at radius 2 is 1.93 bits per heavy atom. The predicted octanol–water partition coefficient (Wildman–Crippen LogP) is 1.55. The molecule has 0 amide bonds. The van der Waals surface area contributed by atoms with Crippen LogP contribution in [0.1, 0.15) is 0 Å². The largest absolute Gasteiger partial charge is 0.503 e. The van der Waals surface area contributed by atoms with Gasteiger partial charge >= 0.3 is 0 Å². The van der Waals surface area contributed by atoms with Crippen molar-refractivity contribution >= 4 is 21.3 Å². The molecule has 0 aliphatic rings. The average molecular weight is 210 g/mol. The van der Waals surface area contributed by atoms with Gasteiger partial charge in [0.15, 0.2) is 5.75 Å². The summed E-state index contributed by atoms with van der Waals surface area (Å²) in [5.41, 5.74) is 0.421. The van der Waals surface area contributed by atoms with Crippen LogP contribution in [0.5, 0.6) is 5.75 Å². The highest BCUT2D eigenvalue weighted by Crippen LogP contribution is 2.20. The third-order valence-electron chi connectivity index (χ3n) is 1.77. The molecule has 0 aliphatic heterocycles. The number of para-hydroxylation sites is 1. The van der Waals surface area contributed by atoms with Gasteiger partial charge in [-0.25, -0.2) is 0 Å². The van der Waals surface area contributed by atoms with Crippen molar-refractivity contribution in [1.82, 2.24) is 0 Å². The highest BCUT2D eigenvalue weighted by molar-refractivity contribution is 7.63. The second kappa shape index (κ2) is 3.19. The molecular formula is C9H6O4S. The number of aromatic hydroxyl groups is 1. The Kier molecular flexibility index (Phi) is 2.01. The molecule has 4 nitrogen and oxygen atoms in total. The van der Waals surface area contributed by atoms with Gasteiger partial charge in [-0.2, -0.15) is 8.42 Å². The fourth-order valence-electron chi connectivity index (χ4n) is 1.17. The summed E-state index contributed by atoms with van der Waals surface area (Å²) in [6.45, 7) is 0. The van der Waals surface area contributed by atoms with Crippen molar-refractivity contribution in [2.45, 2.75) is 0 Å². The topological polar surface area (TPSA) is 67.5 Å². The van der Waals surface area contributed by atoms with Gasteiger partial charge in [0.05, 0.1) is 0 Å². The van der Waals surface area contributed by atoms with E-state index >= 15 is 0 Å². The molecular weight excluding hydrogens is 204 g/mol. The first kappa shape index (κ1) is 8.83. The van der Waals surface area contributed by atoms with Gasteiger partial charge < -0.3 is 9.52 Å². The summed E-state index contributed by atoms with van der Waals surface area (Å²) >= 11 is 0. The maximum absolute atomic E-state index is 10.6. The number of fused-ring (bicyclic) bond motifs is 1. The van der Waals surface area contributed by atoms with Gasteiger partial charge in [-0.05, 0) is 12.1 Å². The molecule has 1 aromatic carbocycles. The molecule has 0 fully saturated rings. The van der Waals surface area contributed by atoms with Crippen molar-refractivity contribution in [2.75, 3.05) is 0 Å². The molecule has 1 aromatic heterocycles. The lowest BCUT2D eigenvalue weighted by Crippen LogP contribution is -1.76. The number of hydrogen-bond acceptors (Lipinski definition) is 4. The zero-order valence-electron chi connectivity index (χ0n) is 6.97. The normalized spacial score (nSPS) is 10.3. The van der Waals surface area contributed by atoms with E-state index in [0.717, 1.165) is 0 Å². The first-order valence-corrected chi connectivity index (χ1v) is 4.90. The van der Waals surface area contributed by atoms with Crippen LogP contribution in [0.2, 0.25) is 0 Å². The van der Waals surface area contributed by atoms with E-state index in [9.17, 15) is 13.5 Å². The SMILES string of the molecule is O=S(=O)=c1oc2ccccc2cc1O. The van der Waals surface area contributed by atoms with E-state index in [0.29, 0.717) is 11.0 Å². The van der Waals surface area contributed by atoms with Crippen LogP contribution in [-0.2, 0) is 10.3 Å². The van der Waals surface area contributed by atoms with Crippen molar-refractivity contribution in [2.24, 2.45) is 0 Å². The Labute approximate surface area is 80.6 Å². The van der Waals surface area contributed by atoms with Crippen LogP contribution in [0, 0.1) is 4.71 Å². The van der Waals surface area contributed by atoms with Gasteiger partial charge in [0.2, 0.25) is 0 Å². The van der Waals surface area contributed by atoms with Crippen LogP contribution in [-0.4, -0.2) is 13.5 Å². The highest BCUT2D eigenvalue weighted by Gasteiger charge is 2.01. The Hall–Kier alpha value is -1.75. The van der Waals surface area contributed by atoms with E-state index < -0.39 is 15.0 Å². The Morgan fingerprint density at radius 1 is 1.21 bits per heavy atom. The summed E-state index contributed by atoms with van der Waals surface area (Å²) in [7, 11) is -2.56. The standard InChI is InChI=1S/C9H6O4S/c10-7-5-6-3-1-2-4-8(6)13-9(7)14(11)12/h1-5,10H. The zero-order valence-corrected chi connectivity index (χ0v) is 7.78. The fourth-order valence-corrected chi connectivity index (χ4v) is 1.56. The van der Waals surface area contributed by atoms with Gasteiger partial charge in [-0.15, -0.1) is 0 Å². The first-order valence-electron chi connectivity index (χ1n) is 3.82. The molecule has 0 bridgehead atoms. The zero-order chi connectivity index (χ0) is 10.1. The third kappa shape index (κ3) is 1.38. The van der Waals surface area contributed by atoms with Gasteiger partial charge in [0, 0.05) is 5.39 Å². The lowest BCUT2D eigenvalue weighted by atomic mass is 10.2. The van der Waals surface area contributed by atoms with Crippen LogP contribution in [0.3, 0.4) is 0 Å². The fraction of sp³-hybridized carbons (Fsp3) is 0. The predicted molar refractivity (Wildman–Crippen MR) is 50.0 cm³/mol. The molecule has 0 spiro atoms. The van der Waals surface area contributed by atoms with E-state index in [-0.39, 0.29) is 5.75 Å². The number of benzene rings is 1. The maximum Gasteiger partial charge on any atom is 0.288 e. The minimum Gasteiger partial charge on any atom is -0.503 e. The van der Waals surface area contributed by atoms with E-state index in [1.807, 2.05) is 0 Å². The van der Waals surface area contributed by atoms with Crippen molar-refractivity contribution in [3.05, 3.63) is 35.0 Å². The molecule has 2 rings (SSSR count). The number of rotatable bonds is 0. The minimum atomic E-state index is -2.56. The lowest BCUT2D eigenvalue weighted by Gasteiger charge is -1.96. The molecule has 0 saturated heterocycles. The average Bonchev–Trinajstić information content (AvgIpc) is 2.16. The lowest BCUT2D eigenvalue weighted by molar-refractivity contribution is 0.437. The Bertz CT molecular complexity index is 644. The molecule has 14 heavy (non-hydrogen) atoms. The molecule has 0 atom stereocenters. The third-order valence-corrected chi connectivity index (χ3v) is 2.37. The summed E-state index contributed by atoms with van der Waals surface area (Å²) in [6.07, 6.45) is 0. The molecule has 5 heteroatoms. The molecule has 0 radical (unpaired) electrons. The summed E-state index contributed by atoms with van der Waals surface area (Å²) < 4.78 is 25.8. The molecule has 0 unspecified atom stereocenters. The monoisotopic (exact) mass is 210 g/mol. The minimum absolute atomic E-state index is 0.378. The summed E-state index contributed by atoms with van der Waals surface area (Å²) in [6, 6.07) is 8.19. The second-order valence-electron chi connectivity index (χ2n) is 2.69. The maximum atomic E-state index is 10.6. The van der Waals surface area contributed by atoms with Crippen molar-refractivity contribution < 1.29 is 17.9 Å². The molecule has 2 aromatic rings. The van der Waals surface area contributed by atoms with Gasteiger partial charge in [0.1, 0.15) is 5.58 Å². The molecule has 1 heterocycles. The van der Waals surface area contributed by atoms with Crippen LogP contribution < -0.4 is 0 Å². The molecule has 72 valence electrons. The smallest absolute Gasteiger partial charge is 0.288 e. The van der Waals surface area contributed by atoms with Crippen LogP contribution in [0.15, 0.2) is 34.7 Å². The number of hydrogen-bond donors (Lipinski definition) is 1. The summed E-state index contributed by atoms with van der Waals surface area (Å²) in [5, 5.41) is 9.94. The first-order chi connectivity index (χ1) is 6.68. The van der Waals surface area contributed by atoms with Crippen LogP contribution >= 0.6 is 0 Å². The van der Waals surface area contributed by atoms with E-state index in [1.165, 1.54) is 6.07 Å². The summed E-state index contributed by atoms with van der Waals surface area (Å²) in [5.74, 6) is -0.378.